The summed E-state index contributed by atoms with van der Waals surface area (Å²) < 4.78 is 34.8. The second-order valence-corrected chi connectivity index (χ2v) is 7.51. The van der Waals surface area contributed by atoms with Gasteiger partial charge in [0.15, 0.2) is 11.5 Å². The molecule has 0 aliphatic carbocycles. The Kier molecular flexibility index (Phi) is 9.00. The molecule has 9 heteroatoms. The van der Waals surface area contributed by atoms with Crippen molar-refractivity contribution in [3.8, 4) is 11.5 Å². The molecule has 178 valence electrons. The lowest BCUT2D eigenvalue weighted by Gasteiger charge is -2.34. The minimum atomic E-state index is -2.94. The van der Waals surface area contributed by atoms with Crippen molar-refractivity contribution in [1.82, 2.24) is 15.2 Å². The van der Waals surface area contributed by atoms with Crippen LogP contribution < -0.4 is 19.7 Å². The van der Waals surface area contributed by atoms with E-state index in [0.29, 0.717) is 18.7 Å². The molecule has 1 saturated heterocycles. The molecule has 1 aliphatic heterocycles. The van der Waals surface area contributed by atoms with Gasteiger partial charge in [-0.05, 0) is 48.9 Å². The van der Waals surface area contributed by atoms with Crippen LogP contribution in [0.15, 0.2) is 42.6 Å². The Balaban J connectivity index is 1.51. The summed E-state index contributed by atoms with van der Waals surface area (Å²) >= 11 is 0. The zero-order chi connectivity index (χ0) is 23.6. The van der Waals surface area contributed by atoms with Crippen molar-refractivity contribution < 1.29 is 23.0 Å². The highest BCUT2D eigenvalue weighted by molar-refractivity contribution is 5.91. The largest absolute Gasteiger partial charge is 0.490 e. The van der Waals surface area contributed by atoms with E-state index in [9.17, 15) is 13.6 Å². The first kappa shape index (κ1) is 24.4. The summed E-state index contributed by atoms with van der Waals surface area (Å²) in [4.78, 5) is 21.4. The van der Waals surface area contributed by atoms with Gasteiger partial charge in [0, 0.05) is 45.0 Å². The molecular weight excluding hydrogens is 430 g/mol. The summed E-state index contributed by atoms with van der Waals surface area (Å²) in [5.41, 5.74) is 1.53. The van der Waals surface area contributed by atoms with Gasteiger partial charge in [0.25, 0.3) is 0 Å². The maximum Gasteiger partial charge on any atom is 0.387 e. The van der Waals surface area contributed by atoms with Crippen LogP contribution in [-0.2, 0) is 11.3 Å². The van der Waals surface area contributed by atoms with Gasteiger partial charge in [0.2, 0.25) is 5.91 Å². The number of carbonyl (C=O) groups is 1. The fourth-order valence-corrected chi connectivity index (χ4v) is 3.51. The molecule has 33 heavy (non-hydrogen) atoms. The van der Waals surface area contributed by atoms with Gasteiger partial charge < -0.3 is 24.6 Å². The molecule has 0 saturated carbocycles. The Morgan fingerprint density at radius 3 is 2.58 bits per heavy atom. The number of nitrogens with one attached hydrogen (secondary N) is 1. The topological polar surface area (TPSA) is 66.9 Å². The first-order valence-corrected chi connectivity index (χ1v) is 11.1. The summed E-state index contributed by atoms with van der Waals surface area (Å²) in [5.74, 6) is 0.824. The monoisotopic (exact) mass is 460 g/mol. The lowest BCUT2D eigenvalue weighted by molar-refractivity contribution is -0.116. The number of anilines is 1. The number of hydrogen-bond donors (Lipinski definition) is 1. The molecule has 1 aliphatic rings. The van der Waals surface area contributed by atoms with Gasteiger partial charge in [0.1, 0.15) is 5.82 Å². The Bertz CT molecular complexity index is 930. The number of rotatable bonds is 10. The van der Waals surface area contributed by atoms with Crippen LogP contribution >= 0.6 is 0 Å². The van der Waals surface area contributed by atoms with Gasteiger partial charge >= 0.3 is 6.61 Å². The van der Waals surface area contributed by atoms with Gasteiger partial charge in [-0.3, -0.25) is 4.79 Å². The predicted octanol–water partition coefficient (Wildman–Crippen LogP) is 3.55. The molecule has 2 heterocycles. The van der Waals surface area contributed by atoms with E-state index in [4.69, 9.17) is 4.74 Å². The van der Waals surface area contributed by atoms with E-state index in [0.717, 1.165) is 44.1 Å². The maximum absolute atomic E-state index is 12.5. The van der Waals surface area contributed by atoms with Crippen molar-refractivity contribution in [3.05, 3.63) is 53.7 Å². The number of pyridine rings is 1. The number of aromatic nitrogens is 1. The fourth-order valence-electron chi connectivity index (χ4n) is 3.51. The molecule has 1 aromatic heterocycles. The van der Waals surface area contributed by atoms with Gasteiger partial charge in [-0.1, -0.05) is 19.1 Å². The number of nitrogens with zero attached hydrogens (tertiary/aromatic N) is 3. The number of likely N-dealkylation sites (N-methyl/N-ethyl adjacent to an activating group) is 1. The molecule has 0 spiro atoms. The predicted molar refractivity (Wildman–Crippen MR) is 124 cm³/mol. The third-order valence-corrected chi connectivity index (χ3v) is 5.33. The number of amides is 1. The van der Waals surface area contributed by atoms with Crippen LogP contribution in [0, 0.1) is 0 Å². The summed E-state index contributed by atoms with van der Waals surface area (Å²) in [6.07, 6.45) is 4.75. The van der Waals surface area contributed by atoms with Crippen molar-refractivity contribution in [2.75, 3.05) is 44.2 Å². The third kappa shape index (κ3) is 7.42. The number of ether oxygens (including phenoxy) is 2. The van der Waals surface area contributed by atoms with Crippen LogP contribution in [0.3, 0.4) is 0 Å². The molecule has 3 rings (SSSR count). The quantitative estimate of drug-likeness (QED) is 0.547. The highest BCUT2D eigenvalue weighted by Gasteiger charge is 2.16. The van der Waals surface area contributed by atoms with Crippen LogP contribution in [0.25, 0.3) is 6.08 Å². The van der Waals surface area contributed by atoms with Gasteiger partial charge in [-0.15, -0.1) is 0 Å². The van der Waals surface area contributed by atoms with Crippen molar-refractivity contribution in [1.29, 1.82) is 0 Å². The summed E-state index contributed by atoms with van der Waals surface area (Å²) in [7, 11) is 0. The lowest BCUT2D eigenvalue weighted by Crippen LogP contribution is -2.46. The molecule has 1 fully saturated rings. The average Bonchev–Trinajstić information content (AvgIpc) is 2.83. The van der Waals surface area contributed by atoms with Gasteiger partial charge in [-0.2, -0.15) is 8.78 Å². The second kappa shape index (κ2) is 12.2. The maximum atomic E-state index is 12.5. The van der Waals surface area contributed by atoms with E-state index in [-0.39, 0.29) is 17.4 Å². The Morgan fingerprint density at radius 2 is 1.94 bits per heavy atom. The van der Waals surface area contributed by atoms with E-state index >= 15 is 0 Å². The van der Waals surface area contributed by atoms with Crippen LogP contribution in [-0.4, -0.2) is 61.7 Å². The standard InChI is InChI=1S/C24H30F2N4O3/c1-3-29-11-13-30(14-12-29)22-9-6-19(16-27-22)17-28-23(31)10-7-18-5-8-20(33-24(25)26)21(15-18)32-4-2/h5-10,15-16,24H,3-4,11-14,17H2,1-2H3,(H,28,31). The summed E-state index contributed by atoms with van der Waals surface area (Å²) in [6.45, 7) is 6.70. The van der Waals surface area contributed by atoms with E-state index in [1.54, 1.807) is 31.3 Å². The zero-order valence-electron chi connectivity index (χ0n) is 19.0. The molecule has 0 radical (unpaired) electrons. The Hall–Kier alpha value is -3.20. The molecule has 1 aromatic carbocycles. The van der Waals surface area contributed by atoms with Crippen LogP contribution in [0.2, 0.25) is 0 Å². The number of halogens is 2. The highest BCUT2D eigenvalue weighted by Crippen LogP contribution is 2.30. The summed E-state index contributed by atoms with van der Waals surface area (Å²) in [6, 6.07) is 8.47. The second-order valence-electron chi connectivity index (χ2n) is 7.51. The molecule has 7 nitrogen and oxygen atoms in total. The van der Waals surface area contributed by atoms with Crippen molar-refractivity contribution in [2.45, 2.75) is 27.0 Å². The number of benzene rings is 1. The smallest absolute Gasteiger partial charge is 0.387 e. The number of carbonyl (C=O) groups excluding carboxylic acids is 1. The SMILES string of the molecule is CCOc1cc(C=CC(=O)NCc2ccc(N3CCN(CC)CC3)nc2)ccc1OC(F)F. The summed E-state index contributed by atoms with van der Waals surface area (Å²) in [5, 5.41) is 2.82. The average molecular weight is 461 g/mol. The Morgan fingerprint density at radius 1 is 1.15 bits per heavy atom. The molecule has 1 N–H and O–H groups in total. The van der Waals surface area contributed by atoms with E-state index in [2.05, 4.69) is 31.8 Å². The van der Waals surface area contributed by atoms with Crippen LogP contribution in [0.5, 0.6) is 11.5 Å². The van der Waals surface area contributed by atoms with Crippen LogP contribution in [0.4, 0.5) is 14.6 Å². The minimum absolute atomic E-state index is 0.0448. The van der Waals surface area contributed by atoms with Crippen LogP contribution in [0.1, 0.15) is 25.0 Å². The first-order chi connectivity index (χ1) is 16.0. The molecular formula is C24H30F2N4O3. The third-order valence-electron chi connectivity index (χ3n) is 5.33. The molecule has 0 atom stereocenters. The van der Waals surface area contributed by atoms with Crippen molar-refractivity contribution in [2.24, 2.45) is 0 Å². The van der Waals surface area contributed by atoms with Gasteiger partial charge in [0.05, 0.1) is 6.61 Å². The number of hydrogen-bond acceptors (Lipinski definition) is 6. The molecule has 1 amide bonds. The normalized spacial score (nSPS) is 14.6. The van der Waals surface area contributed by atoms with E-state index in [1.807, 2.05) is 12.1 Å². The fraction of sp³-hybridized carbons (Fsp3) is 0.417. The first-order valence-electron chi connectivity index (χ1n) is 11.1. The van der Waals surface area contributed by atoms with Crippen molar-refractivity contribution in [3.63, 3.8) is 0 Å². The molecule has 0 unspecified atom stereocenters. The Labute approximate surface area is 193 Å². The lowest BCUT2D eigenvalue weighted by atomic mass is 10.2. The highest BCUT2D eigenvalue weighted by atomic mass is 19.3. The molecule has 0 bridgehead atoms. The van der Waals surface area contributed by atoms with E-state index in [1.165, 1.54) is 12.1 Å². The number of alkyl halides is 2. The minimum Gasteiger partial charge on any atom is -0.490 e. The zero-order valence-corrected chi connectivity index (χ0v) is 19.0. The number of piperazine rings is 1. The van der Waals surface area contributed by atoms with Crippen molar-refractivity contribution >= 4 is 17.8 Å². The van der Waals surface area contributed by atoms with E-state index < -0.39 is 6.61 Å². The van der Waals surface area contributed by atoms with Gasteiger partial charge in [-0.25, -0.2) is 4.98 Å². The molecule has 2 aromatic rings.